The molecule has 1 saturated heterocycles. The van der Waals surface area contributed by atoms with E-state index in [2.05, 4.69) is 5.32 Å². The molecule has 1 aromatic rings. The second-order valence-electron chi connectivity index (χ2n) is 4.19. The van der Waals surface area contributed by atoms with E-state index in [0.29, 0.717) is 18.9 Å². The van der Waals surface area contributed by atoms with Crippen molar-refractivity contribution in [3.8, 4) is 5.75 Å². The zero-order chi connectivity index (χ0) is 13.9. The Morgan fingerprint density at radius 1 is 1.47 bits per heavy atom. The molecule has 0 saturated carbocycles. The first-order valence-corrected chi connectivity index (χ1v) is 5.83. The van der Waals surface area contributed by atoms with E-state index in [1.54, 1.807) is 0 Å². The molecule has 1 N–H and O–H groups in total. The van der Waals surface area contributed by atoms with Gasteiger partial charge in [0, 0.05) is 25.6 Å². The van der Waals surface area contributed by atoms with Crippen LogP contribution in [0.5, 0.6) is 5.75 Å². The van der Waals surface area contributed by atoms with E-state index in [-0.39, 0.29) is 18.0 Å². The summed E-state index contributed by atoms with van der Waals surface area (Å²) in [5, 5.41) is 13.6. The Morgan fingerprint density at radius 2 is 2.16 bits per heavy atom. The molecule has 0 bridgehead atoms. The van der Waals surface area contributed by atoms with Gasteiger partial charge in [0.15, 0.2) is 0 Å². The topological polar surface area (TPSA) is 90.7 Å². The first kappa shape index (κ1) is 13.4. The van der Waals surface area contributed by atoms with Crippen molar-refractivity contribution in [1.29, 1.82) is 0 Å². The fraction of sp³-hybridized carbons (Fsp3) is 0.417. The Hall–Kier alpha value is -1.99. The lowest BCUT2D eigenvalue weighted by Crippen LogP contribution is -2.58. The van der Waals surface area contributed by atoms with Crippen molar-refractivity contribution in [3.05, 3.63) is 34.4 Å². The van der Waals surface area contributed by atoms with Crippen LogP contribution in [0.1, 0.15) is 6.92 Å². The third kappa shape index (κ3) is 2.88. The van der Waals surface area contributed by atoms with Crippen LogP contribution in [0.4, 0.5) is 5.69 Å². The van der Waals surface area contributed by atoms with Gasteiger partial charge in [-0.1, -0.05) is 0 Å². The van der Waals surface area contributed by atoms with E-state index in [0.717, 1.165) is 0 Å². The molecule has 2 rings (SSSR count). The highest BCUT2D eigenvalue weighted by atomic mass is 16.7. The first-order valence-electron chi connectivity index (χ1n) is 5.83. The van der Waals surface area contributed by atoms with Crippen molar-refractivity contribution in [3.63, 3.8) is 0 Å². The van der Waals surface area contributed by atoms with Crippen LogP contribution in [0.3, 0.4) is 0 Å². The Balaban J connectivity index is 2.17. The van der Waals surface area contributed by atoms with Crippen LogP contribution in [0.2, 0.25) is 0 Å². The molecule has 1 aliphatic rings. The number of carbonyl (C=O) groups is 1. The highest BCUT2D eigenvalue weighted by Gasteiger charge is 2.41. The highest BCUT2D eigenvalue weighted by Crippen LogP contribution is 2.24. The molecule has 19 heavy (non-hydrogen) atoms. The van der Waals surface area contributed by atoms with Crippen molar-refractivity contribution >= 4 is 11.5 Å². The van der Waals surface area contributed by atoms with E-state index >= 15 is 0 Å². The number of morpholine rings is 1. The van der Waals surface area contributed by atoms with Gasteiger partial charge in [-0.15, -0.1) is 0 Å². The number of nitrogens with one attached hydrogen (secondary N) is 1. The summed E-state index contributed by atoms with van der Waals surface area (Å²) in [5.74, 6) is -1.25. The lowest BCUT2D eigenvalue weighted by Gasteiger charge is -2.35. The van der Waals surface area contributed by atoms with E-state index in [4.69, 9.17) is 9.47 Å². The van der Waals surface area contributed by atoms with Crippen LogP contribution < -0.4 is 10.1 Å². The van der Waals surface area contributed by atoms with Gasteiger partial charge in [-0.25, -0.2) is 0 Å². The minimum atomic E-state index is -1.35. The minimum Gasteiger partial charge on any atom is -0.454 e. The number of nitrogens with zero attached hydrogens (tertiary/aromatic N) is 1. The number of rotatable bonds is 4. The lowest BCUT2D eigenvalue weighted by molar-refractivity contribution is -0.384. The van der Waals surface area contributed by atoms with Gasteiger partial charge in [0.2, 0.25) is 5.78 Å². The molecule has 7 heteroatoms. The molecular formula is C12H14N2O5. The average molecular weight is 266 g/mol. The summed E-state index contributed by atoms with van der Waals surface area (Å²) >= 11 is 0. The standard InChI is InChI=1S/C12H14N2O5/c1-9(15)12(8-13-6-7-18-12)19-11-4-2-10(3-5-11)14(16)17/h2-5,13H,6-8H2,1H3. The van der Waals surface area contributed by atoms with Crippen LogP contribution in [0, 0.1) is 10.1 Å². The highest BCUT2D eigenvalue weighted by molar-refractivity contribution is 5.84. The van der Waals surface area contributed by atoms with Gasteiger partial charge >= 0.3 is 0 Å². The van der Waals surface area contributed by atoms with Crippen LogP contribution in [0.25, 0.3) is 0 Å². The quantitative estimate of drug-likeness (QED) is 0.642. The van der Waals surface area contributed by atoms with E-state index in [1.165, 1.54) is 31.2 Å². The number of Topliss-reactive ketones (excluding diaryl/α,β-unsaturated/α-hetero) is 1. The molecule has 1 atom stereocenters. The number of hydrogen-bond acceptors (Lipinski definition) is 6. The zero-order valence-corrected chi connectivity index (χ0v) is 10.4. The predicted molar refractivity (Wildman–Crippen MR) is 66.0 cm³/mol. The third-order valence-electron chi connectivity index (χ3n) is 2.84. The van der Waals surface area contributed by atoms with Gasteiger partial charge in [-0.3, -0.25) is 14.9 Å². The Morgan fingerprint density at radius 3 is 2.63 bits per heavy atom. The SMILES string of the molecule is CC(=O)C1(Oc2ccc([N+](=O)[O-])cc2)CNCCO1. The Kier molecular flexibility index (Phi) is 3.77. The number of non-ortho nitro benzene ring substituents is 1. The number of ether oxygens (including phenoxy) is 2. The third-order valence-corrected chi connectivity index (χ3v) is 2.84. The number of ketones is 1. The molecular weight excluding hydrogens is 252 g/mol. The smallest absolute Gasteiger partial charge is 0.282 e. The zero-order valence-electron chi connectivity index (χ0n) is 10.4. The van der Waals surface area contributed by atoms with Gasteiger partial charge in [0.05, 0.1) is 18.1 Å². The number of carbonyl (C=O) groups excluding carboxylic acids is 1. The molecule has 0 amide bonds. The van der Waals surface area contributed by atoms with Crippen LogP contribution >= 0.6 is 0 Å². The molecule has 0 aromatic heterocycles. The molecule has 1 heterocycles. The summed E-state index contributed by atoms with van der Waals surface area (Å²) in [4.78, 5) is 21.8. The summed E-state index contributed by atoms with van der Waals surface area (Å²) in [5.41, 5.74) is -0.0353. The molecule has 1 aromatic carbocycles. The maximum absolute atomic E-state index is 11.7. The largest absolute Gasteiger partial charge is 0.454 e. The van der Waals surface area contributed by atoms with E-state index < -0.39 is 10.7 Å². The maximum atomic E-state index is 11.7. The average Bonchev–Trinajstić information content (AvgIpc) is 2.40. The van der Waals surface area contributed by atoms with Gasteiger partial charge in [0.25, 0.3) is 11.5 Å². The van der Waals surface area contributed by atoms with Crippen LogP contribution in [-0.4, -0.2) is 36.2 Å². The monoisotopic (exact) mass is 266 g/mol. The number of nitro benzene ring substituents is 1. The fourth-order valence-corrected chi connectivity index (χ4v) is 1.78. The van der Waals surface area contributed by atoms with Gasteiger partial charge in [-0.2, -0.15) is 0 Å². The van der Waals surface area contributed by atoms with Gasteiger partial charge in [0.1, 0.15) is 5.75 Å². The Labute approximate surface area is 109 Å². The van der Waals surface area contributed by atoms with Crippen molar-refractivity contribution in [2.75, 3.05) is 19.7 Å². The molecule has 0 aliphatic carbocycles. The van der Waals surface area contributed by atoms with Crippen LogP contribution in [-0.2, 0) is 9.53 Å². The normalized spacial score (nSPS) is 22.8. The van der Waals surface area contributed by atoms with Crippen molar-refractivity contribution in [2.45, 2.75) is 12.7 Å². The summed E-state index contributed by atoms with van der Waals surface area (Å²) in [7, 11) is 0. The summed E-state index contributed by atoms with van der Waals surface area (Å²) in [6, 6.07) is 5.53. The Bertz CT molecular complexity index is 479. The number of hydrogen-bond donors (Lipinski definition) is 1. The second kappa shape index (κ2) is 5.33. The van der Waals surface area contributed by atoms with Gasteiger partial charge < -0.3 is 14.8 Å². The van der Waals surface area contributed by atoms with Crippen molar-refractivity contribution in [1.82, 2.24) is 5.32 Å². The maximum Gasteiger partial charge on any atom is 0.282 e. The summed E-state index contributed by atoms with van der Waals surface area (Å²) < 4.78 is 11.0. The lowest BCUT2D eigenvalue weighted by atomic mass is 10.1. The van der Waals surface area contributed by atoms with E-state index in [1.807, 2.05) is 0 Å². The molecule has 7 nitrogen and oxygen atoms in total. The van der Waals surface area contributed by atoms with E-state index in [9.17, 15) is 14.9 Å². The van der Waals surface area contributed by atoms with Crippen LogP contribution in [0.15, 0.2) is 24.3 Å². The van der Waals surface area contributed by atoms with Gasteiger partial charge in [-0.05, 0) is 12.1 Å². The fourth-order valence-electron chi connectivity index (χ4n) is 1.78. The summed E-state index contributed by atoms with van der Waals surface area (Å²) in [6.07, 6.45) is 0. The molecule has 1 fully saturated rings. The number of benzene rings is 1. The second-order valence-corrected chi connectivity index (χ2v) is 4.19. The number of nitro groups is 1. The van der Waals surface area contributed by atoms with Crippen molar-refractivity contribution < 1.29 is 19.2 Å². The molecule has 0 spiro atoms. The molecule has 102 valence electrons. The minimum absolute atomic E-state index is 0.0353. The molecule has 1 unspecified atom stereocenters. The molecule has 1 aliphatic heterocycles. The molecule has 0 radical (unpaired) electrons. The first-order chi connectivity index (χ1) is 9.03. The predicted octanol–water partition coefficient (Wildman–Crippen LogP) is 0.879. The van der Waals surface area contributed by atoms with Crippen molar-refractivity contribution in [2.24, 2.45) is 0 Å². The summed E-state index contributed by atoms with van der Waals surface area (Å²) in [6.45, 7) is 2.66.